The van der Waals surface area contributed by atoms with E-state index in [1.54, 1.807) is 6.07 Å². The molecule has 1 fully saturated rings. The summed E-state index contributed by atoms with van der Waals surface area (Å²) in [6.45, 7) is 3.37. The Balaban J connectivity index is 1.18. The van der Waals surface area contributed by atoms with Gasteiger partial charge in [0.2, 0.25) is 5.91 Å². The van der Waals surface area contributed by atoms with E-state index in [0.717, 1.165) is 29.8 Å². The average Bonchev–Trinajstić information content (AvgIpc) is 3.04. The molecule has 6 nitrogen and oxygen atoms in total. The monoisotopic (exact) mass is 391 g/mol. The van der Waals surface area contributed by atoms with Crippen molar-refractivity contribution in [2.24, 2.45) is 5.92 Å². The van der Waals surface area contributed by atoms with E-state index in [4.69, 9.17) is 0 Å². The van der Waals surface area contributed by atoms with Gasteiger partial charge in [0, 0.05) is 62.4 Å². The molecule has 2 unspecified atom stereocenters. The van der Waals surface area contributed by atoms with Crippen molar-refractivity contribution in [1.82, 2.24) is 14.4 Å². The summed E-state index contributed by atoms with van der Waals surface area (Å²) in [6.07, 6.45) is 2.19. The topological polar surface area (TPSA) is 62.6 Å². The van der Waals surface area contributed by atoms with Crippen LogP contribution >= 0.6 is 0 Å². The Bertz CT molecular complexity index is 1030. The molecule has 1 saturated heterocycles. The standard InChI is InChI=1S/C23H25N3O3/c27-21(9-4-10-24-14-17-5-1-2-6-19(17)23(24)29)25-12-16-11-18(15-25)20-7-3-8-22(28)26(20)13-16/h1-3,5-8,16,18H,4,9-15H2. The molecule has 2 amide bonds. The molecule has 0 aliphatic carbocycles. The summed E-state index contributed by atoms with van der Waals surface area (Å²) in [7, 11) is 0. The van der Waals surface area contributed by atoms with Crippen molar-refractivity contribution in [2.75, 3.05) is 19.6 Å². The lowest BCUT2D eigenvalue weighted by Crippen LogP contribution is -2.49. The normalized spacial score (nSPS) is 22.4. The molecule has 2 atom stereocenters. The highest BCUT2D eigenvalue weighted by Gasteiger charge is 2.36. The van der Waals surface area contributed by atoms with Crippen molar-refractivity contribution in [3.05, 3.63) is 69.6 Å². The Kier molecular flexibility index (Phi) is 4.49. The minimum atomic E-state index is 0.0632. The Morgan fingerprint density at radius 1 is 1.00 bits per heavy atom. The SMILES string of the molecule is O=C(CCCN1Cc2ccccc2C1=O)N1CC2CC(C1)c1cccc(=O)n1C2. The third-order valence-electron chi connectivity index (χ3n) is 6.55. The van der Waals surface area contributed by atoms with Crippen LogP contribution in [0.15, 0.2) is 47.3 Å². The molecule has 3 aliphatic rings. The number of rotatable bonds is 4. The Morgan fingerprint density at radius 2 is 1.86 bits per heavy atom. The molecule has 4 heterocycles. The van der Waals surface area contributed by atoms with E-state index in [-0.39, 0.29) is 23.3 Å². The van der Waals surface area contributed by atoms with Crippen molar-refractivity contribution in [2.45, 2.75) is 38.3 Å². The molecule has 1 aromatic heterocycles. The number of hydrogen-bond donors (Lipinski definition) is 0. The van der Waals surface area contributed by atoms with Crippen LogP contribution in [0.25, 0.3) is 0 Å². The molecule has 29 heavy (non-hydrogen) atoms. The molecule has 150 valence electrons. The molecule has 0 saturated carbocycles. The van der Waals surface area contributed by atoms with E-state index in [1.165, 1.54) is 0 Å². The second kappa shape index (κ2) is 7.17. The number of amides is 2. The predicted octanol–water partition coefficient (Wildman–Crippen LogP) is 2.23. The van der Waals surface area contributed by atoms with E-state index in [2.05, 4.69) is 0 Å². The molecular formula is C23H25N3O3. The fourth-order valence-corrected chi connectivity index (χ4v) is 5.17. The summed E-state index contributed by atoms with van der Waals surface area (Å²) < 4.78 is 1.89. The summed E-state index contributed by atoms with van der Waals surface area (Å²) in [4.78, 5) is 41.2. The fourth-order valence-electron chi connectivity index (χ4n) is 5.17. The number of nitrogens with zero attached hydrogens (tertiary/aromatic N) is 3. The van der Waals surface area contributed by atoms with E-state index >= 15 is 0 Å². The van der Waals surface area contributed by atoms with Crippen LogP contribution in [0, 0.1) is 5.92 Å². The van der Waals surface area contributed by atoms with Crippen LogP contribution in [0.5, 0.6) is 0 Å². The number of benzene rings is 1. The van der Waals surface area contributed by atoms with Gasteiger partial charge in [-0.15, -0.1) is 0 Å². The van der Waals surface area contributed by atoms with Crippen molar-refractivity contribution in [3.8, 4) is 0 Å². The van der Waals surface area contributed by atoms with E-state index in [9.17, 15) is 14.4 Å². The highest BCUT2D eigenvalue weighted by atomic mass is 16.2. The highest BCUT2D eigenvalue weighted by Crippen LogP contribution is 2.35. The first-order valence-electron chi connectivity index (χ1n) is 10.4. The first-order chi connectivity index (χ1) is 14.1. The van der Waals surface area contributed by atoms with E-state index in [0.29, 0.717) is 44.9 Å². The van der Waals surface area contributed by atoms with Crippen LogP contribution in [-0.4, -0.2) is 45.8 Å². The zero-order valence-electron chi connectivity index (χ0n) is 16.4. The summed E-state index contributed by atoms with van der Waals surface area (Å²) in [5, 5.41) is 0. The number of carbonyl (C=O) groups is 2. The molecule has 5 rings (SSSR count). The average molecular weight is 391 g/mol. The number of pyridine rings is 1. The number of piperidine rings is 1. The van der Waals surface area contributed by atoms with Crippen molar-refractivity contribution < 1.29 is 9.59 Å². The molecule has 0 radical (unpaired) electrons. The first kappa shape index (κ1) is 18.2. The summed E-state index contributed by atoms with van der Waals surface area (Å²) in [5.41, 5.74) is 2.98. The van der Waals surface area contributed by atoms with Crippen LogP contribution in [0.4, 0.5) is 0 Å². The summed E-state index contributed by atoms with van der Waals surface area (Å²) in [5.74, 6) is 0.827. The van der Waals surface area contributed by atoms with Gasteiger partial charge in [0.25, 0.3) is 11.5 Å². The van der Waals surface area contributed by atoms with Crippen molar-refractivity contribution in [1.29, 1.82) is 0 Å². The zero-order valence-corrected chi connectivity index (χ0v) is 16.4. The number of fused-ring (bicyclic) bond motifs is 5. The van der Waals surface area contributed by atoms with Gasteiger partial charge in [-0.3, -0.25) is 14.4 Å². The highest BCUT2D eigenvalue weighted by molar-refractivity contribution is 5.98. The predicted molar refractivity (Wildman–Crippen MR) is 109 cm³/mol. The minimum absolute atomic E-state index is 0.0632. The molecule has 0 spiro atoms. The van der Waals surface area contributed by atoms with Crippen LogP contribution in [0.1, 0.15) is 46.8 Å². The van der Waals surface area contributed by atoms with E-state index < -0.39 is 0 Å². The maximum Gasteiger partial charge on any atom is 0.254 e. The maximum atomic E-state index is 12.8. The van der Waals surface area contributed by atoms with Crippen LogP contribution in [0.2, 0.25) is 0 Å². The summed E-state index contributed by atoms with van der Waals surface area (Å²) >= 11 is 0. The second-order valence-corrected chi connectivity index (χ2v) is 8.48. The quantitative estimate of drug-likeness (QED) is 0.803. The smallest absolute Gasteiger partial charge is 0.254 e. The number of aromatic nitrogens is 1. The fraction of sp³-hybridized carbons (Fsp3) is 0.435. The second-order valence-electron chi connectivity index (χ2n) is 8.48. The van der Waals surface area contributed by atoms with Crippen LogP contribution in [-0.2, 0) is 17.9 Å². The summed E-state index contributed by atoms with van der Waals surface area (Å²) in [6, 6.07) is 13.2. The van der Waals surface area contributed by atoms with Gasteiger partial charge in [-0.2, -0.15) is 0 Å². The molecule has 2 bridgehead atoms. The van der Waals surface area contributed by atoms with Crippen molar-refractivity contribution in [3.63, 3.8) is 0 Å². The lowest BCUT2D eigenvalue weighted by molar-refractivity contribution is -0.134. The van der Waals surface area contributed by atoms with Crippen LogP contribution in [0.3, 0.4) is 0 Å². The van der Waals surface area contributed by atoms with E-state index in [1.807, 2.05) is 50.8 Å². The Hall–Kier alpha value is -2.89. The largest absolute Gasteiger partial charge is 0.342 e. The molecule has 2 aromatic rings. The minimum Gasteiger partial charge on any atom is -0.342 e. The molecule has 0 N–H and O–H groups in total. The van der Waals surface area contributed by atoms with Gasteiger partial charge >= 0.3 is 0 Å². The molecular weight excluding hydrogens is 366 g/mol. The number of hydrogen-bond acceptors (Lipinski definition) is 3. The Labute approximate surface area is 169 Å². The van der Waals surface area contributed by atoms with Gasteiger partial charge in [0.15, 0.2) is 0 Å². The number of carbonyl (C=O) groups excluding carboxylic acids is 2. The van der Waals surface area contributed by atoms with Gasteiger partial charge in [-0.1, -0.05) is 24.3 Å². The lowest BCUT2D eigenvalue weighted by atomic mass is 9.83. The maximum absolute atomic E-state index is 12.8. The third-order valence-corrected chi connectivity index (χ3v) is 6.55. The van der Waals surface area contributed by atoms with Crippen LogP contribution < -0.4 is 5.56 Å². The first-order valence-corrected chi connectivity index (χ1v) is 10.4. The molecule has 3 aliphatic heterocycles. The zero-order chi connectivity index (χ0) is 20.0. The molecule has 6 heteroatoms. The van der Waals surface area contributed by atoms with Gasteiger partial charge in [0.1, 0.15) is 0 Å². The van der Waals surface area contributed by atoms with Gasteiger partial charge < -0.3 is 14.4 Å². The third kappa shape index (κ3) is 3.26. The van der Waals surface area contributed by atoms with Gasteiger partial charge in [-0.25, -0.2) is 0 Å². The lowest BCUT2D eigenvalue weighted by Gasteiger charge is -2.42. The van der Waals surface area contributed by atoms with Gasteiger partial charge in [-0.05, 0) is 36.5 Å². The van der Waals surface area contributed by atoms with Crippen molar-refractivity contribution >= 4 is 11.8 Å². The molecule has 1 aromatic carbocycles. The number of likely N-dealkylation sites (tertiary alicyclic amines) is 1. The van der Waals surface area contributed by atoms with Gasteiger partial charge in [0.05, 0.1) is 0 Å². The Morgan fingerprint density at radius 3 is 2.72 bits per heavy atom.